The Hall–Kier alpha value is -1.92. The molecule has 0 radical (unpaired) electrons. The topological polar surface area (TPSA) is 64.7 Å². The van der Waals surface area contributed by atoms with Crippen molar-refractivity contribution in [2.75, 3.05) is 45.1 Å². The van der Waals surface area contributed by atoms with Crippen molar-refractivity contribution >= 4 is 17.5 Å². The molecule has 1 aromatic carbocycles. The molecule has 0 aliphatic carbocycles. The van der Waals surface area contributed by atoms with Gasteiger partial charge in [-0.1, -0.05) is 13.8 Å². The van der Waals surface area contributed by atoms with E-state index in [1.54, 1.807) is 24.3 Å². The van der Waals surface area contributed by atoms with Gasteiger partial charge < -0.3 is 15.5 Å². The predicted octanol–water partition coefficient (Wildman–Crippen LogP) is 2.28. The molecular formula is C19H30N4O2. The van der Waals surface area contributed by atoms with E-state index in [1.165, 1.54) is 6.92 Å². The molecule has 1 fully saturated rings. The number of amides is 2. The van der Waals surface area contributed by atoms with Gasteiger partial charge in [0.25, 0.3) is 0 Å². The summed E-state index contributed by atoms with van der Waals surface area (Å²) in [7, 11) is 2.14. The largest absolute Gasteiger partial charge is 0.336 e. The summed E-state index contributed by atoms with van der Waals surface area (Å²) in [5, 5.41) is 5.81. The molecule has 6 nitrogen and oxygen atoms in total. The normalized spacial score (nSPS) is 17.3. The molecule has 2 N–H and O–H groups in total. The van der Waals surface area contributed by atoms with Crippen LogP contribution in [0.3, 0.4) is 0 Å². The molecule has 1 aromatic rings. The first-order chi connectivity index (χ1) is 11.9. The first-order valence-electron chi connectivity index (χ1n) is 8.95. The van der Waals surface area contributed by atoms with Crippen molar-refractivity contribution in [3.8, 4) is 0 Å². The third kappa shape index (κ3) is 5.83. The fraction of sp³-hybridized carbons (Fsp3) is 0.579. The van der Waals surface area contributed by atoms with Crippen molar-refractivity contribution in [1.29, 1.82) is 0 Å². The van der Waals surface area contributed by atoms with Crippen molar-refractivity contribution in [1.82, 2.24) is 15.1 Å². The minimum atomic E-state index is -0.213. The Kier molecular flexibility index (Phi) is 6.96. The first kappa shape index (κ1) is 19.4. The quantitative estimate of drug-likeness (QED) is 0.776. The third-order valence-electron chi connectivity index (χ3n) is 4.80. The van der Waals surface area contributed by atoms with Crippen LogP contribution in [0.25, 0.3) is 0 Å². The predicted molar refractivity (Wildman–Crippen MR) is 101 cm³/mol. The number of hydrogen-bond donors (Lipinski definition) is 2. The van der Waals surface area contributed by atoms with Crippen LogP contribution in [0.1, 0.15) is 31.1 Å². The van der Waals surface area contributed by atoms with E-state index in [-0.39, 0.29) is 11.8 Å². The molecule has 1 aliphatic rings. The second kappa shape index (κ2) is 8.97. The van der Waals surface area contributed by atoms with Gasteiger partial charge in [-0.25, -0.2) is 4.79 Å². The minimum absolute atomic E-state index is 0.0166. The number of benzene rings is 1. The van der Waals surface area contributed by atoms with E-state index in [0.29, 0.717) is 29.8 Å². The summed E-state index contributed by atoms with van der Waals surface area (Å²) in [6.07, 6.45) is 0. The van der Waals surface area contributed by atoms with E-state index in [2.05, 4.69) is 41.3 Å². The highest BCUT2D eigenvalue weighted by Crippen LogP contribution is 2.13. The zero-order valence-corrected chi connectivity index (χ0v) is 15.7. The summed E-state index contributed by atoms with van der Waals surface area (Å²) >= 11 is 0. The highest BCUT2D eigenvalue weighted by Gasteiger charge is 2.25. The van der Waals surface area contributed by atoms with Crippen LogP contribution in [0.4, 0.5) is 10.5 Å². The Balaban J connectivity index is 1.85. The Labute approximate surface area is 150 Å². The maximum absolute atomic E-state index is 12.2. The summed E-state index contributed by atoms with van der Waals surface area (Å²) in [6, 6.07) is 7.06. The standard InChI is InChI=1S/C19H30N4O2/c1-14(2)18(23-11-9-22(4)10-12-23)13-20-19(25)21-17-7-5-16(6-8-17)15(3)24/h5-8,14,18H,9-13H2,1-4H3,(H2,20,21,25). The van der Waals surface area contributed by atoms with Gasteiger partial charge in [0.2, 0.25) is 0 Å². The number of rotatable bonds is 6. The van der Waals surface area contributed by atoms with Crippen LogP contribution < -0.4 is 10.6 Å². The Bertz CT molecular complexity index is 578. The van der Waals surface area contributed by atoms with Gasteiger partial charge in [-0.05, 0) is 44.2 Å². The SMILES string of the molecule is CC(=O)c1ccc(NC(=O)NCC(C(C)C)N2CCN(C)CC2)cc1. The van der Waals surface area contributed by atoms with Crippen LogP contribution in [-0.4, -0.2) is 67.4 Å². The van der Waals surface area contributed by atoms with Gasteiger partial charge in [0.05, 0.1) is 0 Å². The minimum Gasteiger partial charge on any atom is -0.336 e. The molecule has 2 amide bonds. The van der Waals surface area contributed by atoms with Crippen LogP contribution >= 0.6 is 0 Å². The molecule has 0 aromatic heterocycles. The van der Waals surface area contributed by atoms with E-state index in [1.807, 2.05) is 0 Å². The Morgan fingerprint density at radius 1 is 1.08 bits per heavy atom. The average molecular weight is 346 g/mol. The van der Waals surface area contributed by atoms with Gasteiger partial charge in [-0.15, -0.1) is 0 Å². The van der Waals surface area contributed by atoms with Crippen LogP contribution in [0.5, 0.6) is 0 Å². The highest BCUT2D eigenvalue weighted by atomic mass is 16.2. The molecule has 1 aliphatic heterocycles. The number of urea groups is 1. The molecule has 6 heteroatoms. The number of nitrogens with zero attached hydrogens (tertiary/aromatic N) is 2. The fourth-order valence-corrected chi connectivity index (χ4v) is 3.10. The van der Waals surface area contributed by atoms with Crippen molar-refractivity contribution in [2.45, 2.75) is 26.8 Å². The molecule has 1 heterocycles. The lowest BCUT2D eigenvalue weighted by atomic mass is 10.0. The molecule has 2 rings (SSSR count). The second-order valence-corrected chi connectivity index (χ2v) is 7.12. The number of ketones is 1. The number of carbonyl (C=O) groups is 2. The van der Waals surface area contributed by atoms with Crippen molar-refractivity contribution in [3.63, 3.8) is 0 Å². The van der Waals surface area contributed by atoms with Gasteiger partial charge in [0.15, 0.2) is 5.78 Å². The zero-order chi connectivity index (χ0) is 18.4. The average Bonchev–Trinajstić information content (AvgIpc) is 2.57. The number of anilines is 1. The summed E-state index contributed by atoms with van der Waals surface area (Å²) in [5.41, 5.74) is 1.32. The van der Waals surface area contributed by atoms with Crippen molar-refractivity contribution < 1.29 is 9.59 Å². The molecule has 0 saturated carbocycles. The third-order valence-corrected chi connectivity index (χ3v) is 4.80. The van der Waals surface area contributed by atoms with Crippen molar-refractivity contribution in [3.05, 3.63) is 29.8 Å². The molecular weight excluding hydrogens is 316 g/mol. The maximum Gasteiger partial charge on any atom is 0.319 e. The maximum atomic E-state index is 12.2. The summed E-state index contributed by atoms with van der Waals surface area (Å²) in [6.45, 7) is 10.8. The van der Waals surface area contributed by atoms with Crippen LogP contribution in [0.15, 0.2) is 24.3 Å². The van der Waals surface area contributed by atoms with Crippen LogP contribution in [0.2, 0.25) is 0 Å². The van der Waals surface area contributed by atoms with Crippen LogP contribution in [-0.2, 0) is 0 Å². The lowest BCUT2D eigenvalue weighted by Crippen LogP contribution is -2.54. The van der Waals surface area contributed by atoms with Gasteiger partial charge in [-0.2, -0.15) is 0 Å². The summed E-state index contributed by atoms with van der Waals surface area (Å²) in [5.74, 6) is 0.488. The van der Waals surface area contributed by atoms with E-state index >= 15 is 0 Å². The zero-order valence-electron chi connectivity index (χ0n) is 15.7. The lowest BCUT2D eigenvalue weighted by molar-refractivity contribution is 0.0890. The Morgan fingerprint density at radius 3 is 2.20 bits per heavy atom. The molecule has 138 valence electrons. The van der Waals surface area contributed by atoms with Crippen molar-refractivity contribution in [2.24, 2.45) is 5.92 Å². The van der Waals surface area contributed by atoms with E-state index in [9.17, 15) is 9.59 Å². The lowest BCUT2D eigenvalue weighted by Gasteiger charge is -2.39. The number of Topliss-reactive ketones (excluding diaryl/α,β-unsaturated/α-hetero) is 1. The van der Waals surface area contributed by atoms with Gasteiger partial charge >= 0.3 is 6.03 Å². The molecule has 1 unspecified atom stereocenters. The molecule has 0 spiro atoms. The summed E-state index contributed by atoms with van der Waals surface area (Å²) in [4.78, 5) is 28.3. The molecule has 0 bridgehead atoms. The molecule has 1 saturated heterocycles. The number of hydrogen-bond acceptors (Lipinski definition) is 4. The second-order valence-electron chi connectivity index (χ2n) is 7.12. The molecule has 1 atom stereocenters. The monoisotopic (exact) mass is 346 g/mol. The Morgan fingerprint density at radius 2 is 1.68 bits per heavy atom. The van der Waals surface area contributed by atoms with Crippen LogP contribution in [0, 0.1) is 5.92 Å². The molecule has 25 heavy (non-hydrogen) atoms. The van der Waals surface area contributed by atoms with E-state index in [0.717, 1.165) is 26.2 Å². The van der Waals surface area contributed by atoms with Gasteiger partial charge in [0.1, 0.15) is 0 Å². The smallest absolute Gasteiger partial charge is 0.319 e. The first-order valence-corrected chi connectivity index (χ1v) is 8.95. The number of nitrogens with one attached hydrogen (secondary N) is 2. The number of piperazine rings is 1. The highest BCUT2D eigenvalue weighted by molar-refractivity contribution is 5.95. The van der Waals surface area contributed by atoms with Gasteiger partial charge in [0, 0.05) is 50.0 Å². The fourth-order valence-electron chi connectivity index (χ4n) is 3.10. The van der Waals surface area contributed by atoms with E-state index in [4.69, 9.17) is 0 Å². The number of likely N-dealkylation sites (N-methyl/N-ethyl adjacent to an activating group) is 1. The number of carbonyl (C=O) groups excluding carboxylic acids is 2. The van der Waals surface area contributed by atoms with E-state index < -0.39 is 0 Å². The van der Waals surface area contributed by atoms with Gasteiger partial charge in [-0.3, -0.25) is 9.69 Å². The summed E-state index contributed by atoms with van der Waals surface area (Å²) < 4.78 is 0.